The molecule has 0 unspecified atom stereocenters. The number of nitrogens with zero attached hydrogens (tertiary/aromatic N) is 3. The summed E-state index contributed by atoms with van der Waals surface area (Å²) in [6.45, 7) is 6.73. The van der Waals surface area contributed by atoms with Gasteiger partial charge in [0.25, 0.3) is 0 Å². The highest BCUT2D eigenvalue weighted by molar-refractivity contribution is 5.95. The smallest absolute Gasteiger partial charge is 0.341 e. The topological polar surface area (TPSA) is 96.9 Å². The van der Waals surface area contributed by atoms with E-state index in [-0.39, 0.29) is 21.7 Å². The lowest BCUT2D eigenvalue weighted by atomic mass is 9.99. The zero-order valence-corrected chi connectivity index (χ0v) is 21.2. The predicted octanol–water partition coefficient (Wildman–Crippen LogP) is 5.91. The van der Waals surface area contributed by atoms with E-state index in [1.807, 2.05) is 35.2 Å². The molecule has 2 N–H and O–H groups in total. The Morgan fingerprint density at radius 2 is 1.73 bits per heavy atom. The Balaban J connectivity index is 1.97. The molecule has 6 nitrogen and oxygen atoms in total. The number of fused-ring (bicyclic) bond motifs is 2. The van der Waals surface area contributed by atoms with E-state index in [0.717, 1.165) is 18.5 Å². The van der Waals surface area contributed by atoms with Crippen molar-refractivity contribution in [2.45, 2.75) is 33.6 Å². The van der Waals surface area contributed by atoms with Gasteiger partial charge in [0, 0.05) is 11.8 Å². The van der Waals surface area contributed by atoms with Crippen molar-refractivity contribution in [3.05, 3.63) is 106 Å². The van der Waals surface area contributed by atoms with Gasteiger partial charge < -0.3 is 15.1 Å². The van der Waals surface area contributed by atoms with Crippen molar-refractivity contribution in [2.75, 3.05) is 11.4 Å². The number of phenols is 1. The van der Waals surface area contributed by atoms with Crippen LogP contribution in [-0.4, -0.2) is 22.7 Å². The van der Waals surface area contributed by atoms with Gasteiger partial charge in [0.15, 0.2) is 0 Å². The number of hydrogen-bond donors (Lipinski definition) is 2. The first-order valence-electron chi connectivity index (χ1n) is 12.1. The predicted molar refractivity (Wildman–Crippen MR) is 146 cm³/mol. The molecular weight excluding hydrogens is 462 g/mol. The molecule has 0 bridgehead atoms. The number of carbonyl (C=O) groups is 1. The number of para-hydroxylation sites is 2. The molecule has 0 saturated carbocycles. The van der Waals surface area contributed by atoms with Crippen molar-refractivity contribution in [1.29, 1.82) is 5.26 Å². The zero-order valence-electron chi connectivity index (χ0n) is 21.2. The number of carboxylic acid groups (broad SMARTS) is 1. The maximum absolute atomic E-state index is 12.4. The van der Waals surface area contributed by atoms with Gasteiger partial charge >= 0.3 is 5.97 Å². The van der Waals surface area contributed by atoms with Crippen molar-refractivity contribution in [3.8, 4) is 11.8 Å². The monoisotopic (exact) mass is 491 g/mol. The molecule has 186 valence electrons. The molecule has 1 heterocycles. The number of aromatic hydroxyl groups is 1. The highest BCUT2D eigenvalue weighted by Gasteiger charge is 2.26. The van der Waals surface area contributed by atoms with Gasteiger partial charge in [-0.3, -0.25) is 0 Å². The average Bonchev–Trinajstić information content (AvgIpc) is 2.87. The molecule has 0 spiro atoms. The van der Waals surface area contributed by atoms with Gasteiger partial charge in [-0.1, -0.05) is 65.8 Å². The van der Waals surface area contributed by atoms with Gasteiger partial charge in [0.05, 0.1) is 22.6 Å². The first-order valence-corrected chi connectivity index (χ1v) is 12.1. The molecule has 0 saturated heterocycles. The zero-order chi connectivity index (χ0) is 26.5. The van der Waals surface area contributed by atoms with E-state index in [0.29, 0.717) is 23.5 Å². The summed E-state index contributed by atoms with van der Waals surface area (Å²) in [5, 5.41) is 31.6. The van der Waals surface area contributed by atoms with Crippen LogP contribution >= 0.6 is 0 Å². The van der Waals surface area contributed by atoms with E-state index in [1.54, 1.807) is 30.3 Å². The summed E-state index contributed by atoms with van der Waals surface area (Å²) >= 11 is 0. The first kappa shape index (κ1) is 25.5. The summed E-state index contributed by atoms with van der Waals surface area (Å²) in [6, 6.07) is 20.3. The first-order chi connectivity index (χ1) is 17.8. The fraction of sp³-hybridized carbons (Fsp3) is 0.194. The molecule has 3 aromatic rings. The molecular formula is C31H29N3O3. The minimum Gasteiger partial charge on any atom is -0.506 e. The molecule has 0 radical (unpaired) electrons. The van der Waals surface area contributed by atoms with Gasteiger partial charge in [-0.05, 0) is 57.4 Å². The molecule has 3 aromatic carbocycles. The van der Waals surface area contributed by atoms with E-state index in [4.69, 9.17) is 0 Å². The lowest BCUT2D eigenvalue weighted by Gasteiger charge is -2.29. The van der Waals surface area contributed by atoms with Gasteiger partial charge in [-0.15, -0.1) is 0 Å². The number of anilines is 2. The molecule has 4 rings (SSSR count). The second kappa shape index (κ2) is 11.0. The molecule has 6 heteroatoms. The van der Waals surface area contributed by atoms with Crippen LogP contribution in [0.4, 0.5) is 17.1 Å². The molecule has 37 heavy (non-hydrogen) atoms. The molecule has 0 amide bonds. The van der Waals surface area contributed by atoms with Crippen LogP contribution in [0.1, 0.15) is 49.5 Å². The van der Waals surface area contributed by atoms with Crippen LogP contribution in [-0.2, 0) is 0 Å². The van der Waals surface area contributed by atoms with Crippen molar-refractivity contribution < 1.29 is 15.0 Å². The third-order valence-corrected chi connectivity index (χ3v) is 6.32. The second-order valence-electron chi connectivity index (χ2n) is 9.26. The Bertz CT molecular complexity index is 1570. The number of carboxylic acids is 1. The van der Waals surface area contributed by atoms with Crippen LogP contribution < -0.4 is 15.5 Å². The normalized spacial score (nSPS) is 13.0. The van der Waals surface area contributed by atoms with Crippen LogP contribution in [0.25, 0.3) is 5.57 Å². The maximum Gasteiger partial charge on any atom is 0.341 e. The number of allylic oxidation sites excluding steroid dienone is 3. The van der Waals surface area contributed by atoms with E-state index < -0.39 is 11.7 Å². The largest absolute Gasteiger partial charge is 0.506 e. The molecule has 1 aliphatic rings. The fourth-order valence-corrected chi connectivity index (χ4v) is 4.42. The van der Waals surface area contributed by atoms with Gasteiger partial charge in [-0.2, -0.15) is 5.26 Å². The van der Waals surface area contributed by atoms with Gasteiger partial charge in [-0.25, -0.2) is 9.79 Å². The van der Waals surface area contributed by atoms with Crippen molar-refractivity contribution >= 4 is 28.6 Å². The lowest BCUT2D eigenvalue weighted by Crippen LogP contribution is -2.33. The third-order valence-electron chi connectivity index (χ3n) is 6.32. The molecule has 0 aliphatic carbocycles. The standard InChI is InChI=1S/C31H29N3O3/c1-20(2)10-9-11-21(3)16-17-34-26-15-8-7-14-25(26)33-29-27(34)18-23(30(35)28(29)31(36)37)24(19-32)22-12-5-4-6-13-22/h4-8,10,12-16,18,35H,9,11,17H2,1-3H3,(H,36,37). The number of benzene rings is 3. The number of hydrogen-bond acceptors (Lipinski definition) is 5. The molecule has 0 atom stereocenters. The summed E-state index contributed by atoms with van der Waals surface area (Å²) in [7, 11) is 0. The van der Waals surface area contributed by atoms with Crippen LogP contribution in [0.5, 0.6) is 5.75 Å². The Hall–Kier alpha value is -4.63. The molecule has 0 aromatic heterocycles. The highest BCUT2D eigenvalue weighted by Crippen LogP contribution is 2.36. The van der Waals surface area contributed by atoms with Crippen LogP contribution in [0.15, 0.2) is 89.0 Å². The summed E-state index contributed by atoms with van der Waals surface area (Å²) in [5.41, 5.74) is 4.93. The number of rotatable bonds is 7. The summed E-state index contributed by atoms with van der Waals surface area (Å²) in [5.74, 6) is -1.78. The highest BCUT2D eigenvalue weighted by atomic mass is 16.4. The minimum absolute atomic E-state index is 0.161. The Morgan fingerprint density at radius 3 is 2.41 bits per heavy atom. The minimum atomic E-state index is -1.31. The van der Waals surface area contributed by atoms with Crippen molar-refractivity contribution in [2.24, 2.45) is 4.99 Å². The van der Waals surface area contributed by atoms with Crippen LogP contribution in [0.3, 0.4) is 0 Å². The summed E-state index contributed by atoms with van der Waals surface area (Å²) < 4.78 is 0. The molecule has 1 aliphatic heterocycles. The summed E-state index contributed by atoms with van der Waals surface area (Å²) in [6.07, 6.45) is 6.20. The van der Waals surface area contributed by atoms with Gasteiger partial charge in [0.1, 0.15) is 22.7 Å². The fourth-order valence-electron chi connectivity index (χ4n) is 4.42. The lowest BCUT2D eigenvalue weighted by molar-refractivity contribution is 0.0692. The maximum atomic E-state index is 12.4. The SMILES string of the molecule is CC(C)=CCCC(C)=CCN1c2ccccc2N=c2c1cc(=C(C#N)c1ccccc1)c(O)c2C(=O)O. The van der Waals surface area contributed by atoms with E-state index in [2.05, 4.69) is 44.0 Å². The van der Waals surface area contributed by atoms with Crippen LogP contribution in [0, 0.1) is 11.3 Å². The van der Waals surface area contributed by atoms with Crippen molar-refractivity contribution in [3.63, 3.8) is 0 Å². The quantitative estimate of drug-likeness (QED) is 0.401. The van der Waals surface area contributed by atoms with Crippen LogP contribution in [0.2, 0.25) is 0 Å². The third kappa shape index (κ3) is 5.31. The van der Waals surface area contributed by atoms with Gasteiger partial charge in [0.2, 0.25) is 0 Å². The Kier molecular flexibility index (Phi) is 7.55. The van der Waals surface area contributed by atoms with E-state index in [9.17, 15) is 20.3 Å². The Labute approximate surface area is 216 Å². The number of nitriles is 1. The second-order valence-corrected chi connectivity index (χ2v) is 9.26. The summed E-state index contributed by atoms with van der Waals surface area (Å²) in [4.78, 5) is 19.0. The average molecular weight is 492 g/mol. The Morgan fingerprint density at radius 1 is 1.03 bits per heavy atom. The van der Waals surface area contributed by atoms with Crippen molar-refractivity contribution in [1.82, 2.24) is 0 Å². The number of aromatic carboxylic acids is 1. The van der Waals surface area contributed by atoms with E-state index in [1.165, 1.54) is 11.1 Å². The molecule has 0 fully saturated rings. The van der Waals surface area contributed by atoms with E-state index >= 15 is 0 Å².